The molecule has 3 heterocycles. The number of hydrogen-bond donors (Lipinski definition) is 1. The predicted octanol–water partition coefficient (Wildman–Crippen LogP) is 1.29. The standard InChI is InChI=1S/C16H27N3O2S/c1-16(2,3)15(21)18-10-22-9-13(18)14(20)19-11-4-5-12(19)8-17-7-6-11/h11-13,17H,4-10H2,1-3H3. The summed E-state index contributed by atoms with van der Waals surface area (Å²) in [6.45, 7) is 7.68. The summed E-state index contributed by atoms with van der Waals surface area (Å²) in [5.41, 5.74) is -0.428. The number of carbonyl (C=O) groups is 2. The molecule has 0 spiro atoms. The number of hydrogen-bond acceptors (Lipinski definition) is 4. The van der Waals surface area contributed by atoms with Crippen molar-refractivity contribution in [1.82, 2.24) is 15.1 Å². The number of nitrogens with one attached hydrogen (secondary N) is 1. The van der Waals surface area contributed by atoms with E-state index in [0.29, 0.717) is 18.0 Å². The van der Waals surface area contributed by atoms with Gasteiger partial charge in [0.05, 0.1) is 5.88 Å². The van der Waals surface area contributed by atoms with Gasteiger partial charge in [-0.3, -0.25) is 9.59 Å². The Morgan fingerprint density at radius 1 is 1.14 bits per heavy atom. The van der Waals surface area contributed by atoms with Gasteiger partial charge in [-0.25, -0.2) is 0 Å². The van der Waals surface area contributed by atoms with Crippen LogP contribution in [0.3, 0.4) is 0 Å². The highest BCUT2D eigenvalue weighted by Gasteiger charge is 2.45. The van der Waals surface area contributed by atoms with Crippen molar-refractivity contribution in [2.45, 2.75) is 58.2 Å². The first-order chi connectivity index (χ1) is 10.4. The topological polar surface area (TPSA) is 52.7 Å². The molecule has 0 saturated carbocycles. The molecule has 1 N–H and O–H groups in total. The maximum atomic E-state index is 13.1. The van der Waals surface area contributed by atoms with E-state index in [1.54, 1.807) is 11.8 Å². The van der Waals surface area contributed by atoms with Gasteiger partial charge < -0.3 is 15.1 Å². The summed E-state index contributed by atoms with van der Waals surface area (Å²) in [5, 5.41) is 3.43. The number of nitrogens with zero attached hydrogens (tertiary/aromatic N) is 2. The molecular formula is C16H27N3O2S. The first-order valence-corrected chi connectivity index (χ1v) is 9.47. The minimum absolute atomic E-state index is 0.0937. The Bertz CT molecular complexity index is 449. The van der Waals surface area contributed by atoms with Crippen LogP contribution in [-0.2, 0) is 9.59 Å². The molecule has 0 aliphatic carbocycles. The van der Waals surface area contributed by atoms with Crippen LogP contribution in [0.4, 0.5) is 0 Å². The maximum absolute atomic E-state index is 13.1. The summed E-state index contributed by atoms with van der Waals surface area (Å²) in [4.78, 5) is 29.7. The van der Waals surface area contributed by atoms with Crippen LogP contribution in [0.25, 0.3) is 0 Å². The van der Waals surface area contributed by atoms with E-state index in [4.69, 9.17) is 0 Å². The third-order valence-electron chi connectivity index (χ3n) is 4.98. The van der Waals surface area contributed by atoms with E-state index < -0.39 is 5.41 Å². The third kappa shape index (κ3) is 2.87. The highest BCUT2D eigenvalue weighted by Crippen LogP contribution is 2.33. The van der Waals surface area contributed by atoms with Gasteiger partial charge in [-0.15, -0.1) is 11.8 Å². The van der Waals surface area contributed by atoms with Gasteiger partial charge in [0.2, 0.25) is 11.8 Å². The van der Waals surface area contributed by atoms with Crippen molar-refractivity contribution in [2.24, 2.45) is 5.41 Å². The molecule has 0 radical (unpaired) electrons. The SMILES string of the molecule is CC(C)(C)C(=O)N1CSCC1C(=O)N1C2CCNCC1CC2. The van der Waals surface area contributed by atoms with Gasteiger partial charge in [0.25, 0.3) is 0 Å². The van der Waals surface area contributed by atoms with Crippen molar-refractivity contribution < 1.29 is 9.59 Å². The number of thioether (sulfide) groups is 1. The zero-order valence-corrected chi connectivity index (χ0v) is 14.6. The quantitative estimate of drug-likeness (QED) is 0.789. The summed E-state index contributed by atoms with van der Waals surface area (Å²) in [5.74, 6) is 1.66. The first kappa shape index (κ1) is 16.1. The molecule has 2 bridgehead atoms. The Kier molecular flexibility index (Phi) is 4.42. The van der Waals surface area contributed by atoms with Crippen LogP contribution < -0.4 is 5.32 Å². The average Bonchev–Trinajstić information content (AvgIpc) is 2.99. The fourth-order valence-electron chi connectivity index (χ4n) is 3.79. The van der Waals surface area contributed by atoms with Crippen molar-refractivity contribution in [3.05, 3.63) is 0 Å². The van der Waals surface area contributed by atoms with Crippen LogP contribution in [0, 0.1) is 5.41 Å². The Morgan fingerprint density at radius 3 is 2.59 bits per heavy atom. The van der Waals surface area contributed by atoms with E-state index in [1.165, 1.54) is 0 Å². The normalized spacial score (nSPS) is 32.2. The molecular weight excluding hydrogens is 298 g/mol. The fraction of sp³-hybridized carbons (Fsp3) is 0.875. The molecule has 3 fully saturated rings. The molecule has 3 saturated heterocycles. The number of carbonyl (C=O) groups excluding carboxylic acids is 2. The van der Waals surface area contributed by atoms with Crippen LogP contribution in [0.15, 0.2) is 0 Å². The minimum atomic E-state index is -0.428. The Balaban J connectivity index is 1.77. The monoisotopic (exact) mass is 325 g/mol. The Morgan fingerprint density at radius 2 is 1.86 bits per heavy atom. The van der Waals surface area contributed by atoms with Gasteiger partial charge in [0.15, 0.2) is 0 Å². The Hall–Kier alpha value is -0.750. The summed E-state index contributed by atoms with van der Waals surface area (Å²) >= 11 is 1.70. The third-order valence-corrected chi connectivity index (χ3v) is 5.99. The number of amides is 2. The van der Waals surface area contributed by atoms with E-state index in [9.17, 15) is 9.59 Å². The second kappa shape index (κ2) is 6.04. The van der Waals surface area contributed by atoms with Crippen molar-refractivity contribution in [1.29, 1.82) is 0 Å². The van der Waals surface area contributed by atoms with Gasteiger partial charge >= 0.3 is 0 Å². The highest BCUT2D eigenvalue weighted by atomic mass is 32.2. The van der Waals surface area contributed by atoms with Crippen LogP contribution in [-0.4, -0.2) is 64.5 Å². The van der Waals surface area contributed by atoms with Crippen molar-refractivity contribution >= 4 is 23.6 Å². The number of fused-ring (bicyclic) bond motifs is 2. The molecule has 3 rings (SSSR count). The summed E-state index contributed by atoms with van der Waals surface area (Å²) < 4.78 is 0. The summed E-state index contributed by atoms with van der Waals surface area (Å²) in [6, 6.07) is 0.416. The molecule has 0 aromatic rings. The van der Waals surface area contributed by atoms with Gasteiger partial charge in [0.1, 0.15) is 6.04 Å². The van der Waals surface area contributed by atoms with Crippen LogP contribution in [0.5, 0.6) is 0 Å². The van der Waals surface area contributed by atoms with Crippen LogP contribution >= 0.6 is 11.8 Å². The first-order valence-electron chi connectivity index (χ1n) is 8.31. The molecule has 3 aliphatic rings. The van der Waals surface area contributed by atoms with Gasteiger partial charge in [-0.05, 0) is 25.8 Å². The average molecular weight is 325 g/mol. The van der Waals surface area contributed by atoms with Crippen LogP contribution in [0.2, 0.25) is 0 Å². The van der Waals surface area contributed by atoms with E-state index in [0.717, 1.165) is 38.1 Å². The molecule has 3 atom stereocenters. The van der Waals surface area contributed by atoms with E-state index in [2.05, 4.69) is 10.2 Å². The number of rotatable bonds is 1. The van der Waals surface area contributed by atoms with Gasteiger partial charge in [0, 0.05) is 29.8 Å². The molecule has 6 heteroatoms. The van der Waals surface area contributed by atoms with E-state index in [-0.39, 0.29) is 17.9 Å². The van der Waals surface area contributed by atoms with E-state index in [1.807, 2.05) is 25.7 Å². The molecule has 3 aliphatic heterocycles. The van der Waals surface area contributed by atoms with Gasteiger partial charge in [-0.2, -0.15) is 0 Å². The van der Waals surface area contributed by atoms with Gasteiger partial charge in [-0.1, -0.05) is 20.8 Å². The molecule has 2 amide bonds. The highest BCUT2D eigenvalue weighted by molar-refractivity contribution is 7.99. The lowest BCUT2D eigenvalue weighted by Crippen LogP contribution is -2.54. The second-order valence-corrected chi connectivity index (χ2v) is 8.66. The summed E-state index contributed by atoms with van der Waals surface area (Å²) in [7, 11) is 0. The maximum Gasteiger partial charge on any atom is 0.246 e. The largest absolute Gasteiger partial charge is 0.334 e. The lowest BCUT2D eigenvalue weighted by Gasteiger charge is -2.35. The lowest BCUT2D eigenvalue weighted by atomic mass is 9.94. The second-order valence-electron chi connectivity index (χ2n) is 7.66. The van der Waals surface area contributed by atoms with Crippen LogP contribution in [0.1, 0.15) is 40.0 Å². The smallest absolute Gasteiger partial charge is 0.246 e. The molecule has 0 aromatic carbocycles. The van der Waals surface area contributed by atoms with Crippen molar-refractivity contribution in [3.63, 3.8) is 0 Å². The van der Waals surface area contributed by atoms with E-state index >= 15 is 0 Å². The molecule has 0 aromatic heterocycles. The lowest BCUT2D eigenvalue weighted by molar-refractivity contribution is -0.149. The Labute approximate surface area is 137 Å². The fourth-order valence-corrected chi connectivity index (χ4v) is 4.94. The van der Waals surface area contributed by atoms with Crippen molar-refractivity contribution in [2.75, 3.05) is 24.7 Å². The zero-order valence-electron chi connectivity index (χ0n) is 13.8. The summed E-state index contributed by atoms with van der Waals surface area (Å²) in [6.07, 6.45) is 3.25. The predicted molar refractivity (Wildman–Crippen MR) is 88.6 cm³/mol. The molecule has 3 unspecified atom stereocenters. The molecule has 5 nitrogen and oxygen atoms in total. The molecule has 124 valence electrons. The zero-order chi connectivity index (χ0) is 15.9. The molecule has 22 heavy (non-hydrogen) atoms. The minimum Gasteiger partial charge on any atom is -0.334 e. The van der Waals surface area contributed by atoms with Crippen molar-refractivity contribution in [3.8, 4) is 0 Å².